The van der Waals surface area contributed by atoms with Crippen LogP contribution in [0.3, 0.4) is 0 Å². The third-order valence-electron chi connectivity index (χ3n) is 5.20. The summed E-state index contributed by atoms with van der Waals surface area (Å²) in [5.41, 5.74) is -1.12. The molecular formula is C20H23ClN4O8. The number of ether oxygens (including phenoxy) is 2. The van der Waals surface area contributed by atoms with Gasteiger partial charge in [-0.2, -0.15) is 0 Å². The van der Waals surface area contributed by atoms with Crippen molar-refractivity contribution in [3.8, 4) is 5.75 Å². The summed E-state index contributed by atoms with van der Waals surface area (Å²) in [7, 11) is 0. The predicted molar refractivity (Wildman–Crippen MR) is 116 cm³/mol. The molecule has 0 radical (unpaired) electrons. The van der Waals surface area contributed by atoms with Crippen LogP contribution in [0.2, 0.25) is 5.02 Å². The zero-order valence-electron chi connectivity index (χ0n) is 17.8. The highest BCUT2D eigenvalue weighted by atomic mass is 35.5. The van der Waals surface area contributed by atoms with Crippen molar-refractivity contribution >= 4 is 23.2 Å². The van der Waals surface area contributed by atoms with Gasteiger partial charge in [0.05, 0.1) is 11.0 Å². The summed E-state index contributed by atoms with van der Waals surface area (Å²) in [6, 6.07) is 3.82. The van der Waals surface area contributed by atoms with E-state index >= 15 is 0 Å². The summed E-state index contributed by atoms with van der Waals surface area (Å²) in [5, 5.41) is 24.2. The first-order valence-corrected chi connectivity index (χ1v) is 10.5. The molecular weight excluding hydrogens is 460 g/mol. The lowest BCUT2D eigenvalue weighted by molar-refractivity contribution is -0.386. The number of halogens is 1. The van der Waals surface area contributed by atoms with E-state index in [-0.39, 0.29) is 29.4 Å². The Labute approximate surface area is 192 Å². The number of aromatic amines is 1. The molecule has 3 N–H and O–H groups in total. The van der Waals surface area contributed by atoms with Gasteiger partial charge in [-0.15, -0.1) is 0 Å². The number of nitro benzene ring substituents is 1. The van der Waals surface area contributed by atoms with Gasteiger partial charge in [-0.3, -0.25) is 29.3 Å². The number of aliphatic hydroxyl groups excluding tert-OH is 1. The smallest absolute Gasteiger partial charge is 0.330 e. The van der Waals surface area contributed by atoms with Gasteiger partial charge >= 0.3 is 11.4 Å². The number of carbonyl (C=O) groups is 1. The van der Waals surface area contributed by atoms with Gasteiger partial charge in [-0.1, -0.05) is 18.5 Å². The molecule has 1 saturated heterocycles. The van der Waals surface area contributed by atoms with Crippen LogP contribution in [0.4, 0.5) is 5.69 Å². The molecule has 12 nitrogen and oxygen atoms in total. The maximum atomic E-state index is 12.4. The van der Waals surface area contributed by atoms with Gasteiger partial charge in [0.2, 0.25) is 0 Å². The number of nitrogens with one attached hydrogen (secondary N) is 2. The van der Waals surface area contributed by atoms with E-state index < -0.39 is 46.6 Å². The van der Waals surface area contributed by atoms with E-state index in [2.05, 4.69) is 10.3 Å². The van der Waals surface area contributed by atoms with Crippen LogP contribution in [0, 0.1) is 10.1 Å². The van der Waals surface area contributed by atoms with Crippen LogP contribution in [0.5, 0.6) is 5.75 Å². The molecule has 0 bridgehead atoms. The molecule has 3 rings (SSSR count). The summed E-state index contributed by atoms with van der Waals surface area (Å²) in [6.07, 6.45) is -1.82. The number of nitro groups is 1. The third-order valence-corrected chi connectivity index (χ3v) is 5.44. The maximum absolute atomic E-state index is 12.4. The first kappa shape index (κ1) is 24.4. The van der Waals surface area contributed by atoms with Crippen molar-refractivity contribution in [2.45, 2.75) is 51.2 Å². The van der Waals surface area contributed by atoms with E-state index in [4.69, 9.17) is 21.1 Å². The van der Waals surface area contributed by atoms with Crippen molar-refractivity contribution in [2.24, 2.45) is 0 Å². The minimum atomic E-state index is -1.09. The predicted octanol–water partition coefficient (Wildman–Crippen LogP) is 0.893. The standard InChI is InChI=1S/C20H23ClN4O8/c1-3-11-9-24(20(29)23-19(11)28)17-7-14(26)16(33-17)8-22-18(27)10(2)32-15-5-4-12(21)6-13(15)25(30)31/h4-6,9-10,14,16-17,26H,3,7-8H2,1-2H3,(H,22,27)(H,23,28,29)/t10-,14?,16-,17-/m0/s1. The maximum Gasteiger partial charge on any atom is 0.330 e. The molecule has 1 aliphatic heterocycles. The number of amides is 1. The molecule has 13 heteroatoms. The van der Waals surface area contributed by atoms with E-state index in [9.17, 15) is 29.6 Å². The molecule has 1 amide bonds. The first-order valence-electron chi connectivity index (χ1n) is 10.2. The Bertz CT molecular complexity index is 1160. The lowest BCUT2D eigenvalue weighted by Crippen LogP contribution is -2.42. The fourth-order valence-corrected chi connectivity index (χ4v) is 3.55. The van der Waals surface area contributed by atoms with Crippen LogP contribution in [0.1, 0.15) is 32.1 Å². The summed E-state index contributed by atoms with van der Waals surface area (Å²) in [5.74, 6) is -0.707. The van der Waals surface area contributed by atoms with Crippen molar-refractivity contribution in [1.82, 2.24) is 14.9 Å². The minimum Gasteiger partial charge on any atom is -0.474 e. The van der Waals surface area contributed by atoms with Gasteiger partial charge < -0.3 is 19.9 Å². The Morgan fingerprint density at radius 2 is 2.21 bits per heavy atom. The second-order valence-corrected chi connectivity index (χ2v) is 7.92. The zero-order valence-corrected chi connectivity index (χ0v) is 18.6. The Morgan fingerprint density at radius 3 is 2.88 bits per heavy atom. The van der Waals surface area contributed by atoms with Gasteiger partial charge in [0.15, 0.2) is 11.9 Å². The van der Waals surface area contributed by atoms with Gasteiger partial charge in [0.25, 0.3) is 11.5 Å². The largest absolute Gasteiger partial charge is 0.474 e. The summed E-state index contributed by atoms with van der Waals surface area (Å²) < 4.78 is 12.3. The highest BCUT2D eigenvalue weighted by Crippen LogP contribution is 2.31. The van der Waals surface area contributed by atoms with Crippen LogP contribution >= 0.6 is 11.6 Å². The van der Waals surface area contributed by atoms with E-state index in [0.717, 1.165) is 6.07 Å². The molecule has 0 saturated carbocycles. The Kier molecular flexibility index (Phi) is 7.51. The number of rotatable bonds is 8. The molecule has 1 aromatic heterocycles. The fraction of sp³-hybridized carbons (Fsp3) is 0.450. The molecule has 1 fully saturated rings. The number of aromatic nitrogens is 2. The molecule has 1 aromatic carbocycles. The molecule has 0 spiro atoms. The monoisotopic (exact) mass is 482 g/mol. The minimum absolute atomic E-state index is 0.0820. The summed E-state index contributed by atoms with van der Waals surface area (Å²) in [4.78, 5) is 49.0. The zero-order chi connectivity index (χ0) is 24.3. The quantitative estimate of drug-likeness (QED) is 0.368. The van der Waals surface area contributed by atoms with E-state index in [0.29, 0.717) is 12.0 Å². The van der Waals surface area contributed by atoms with Crippen LogP contribution in [0.25, 0.3) is 0 Å². The second kappa shape index (κ2) is 10.1. The SMILES string of the molecule is CCc1cn([C@@H]2CC(O)[C@H](CNC(=O)[C@H](C)Oc3ccc(Cl)cc3[N+](=O)[O-])O2)c(=O)[nH]c1=O. The van der Waals surface area contributed by atoms with Crippen LogP contribution < -0.4 is 21.3 Å². The van der Waals surface area contributed by atoms with Gasteiger partial charge in [0.1, 0.15) is 12.3 Å². The number of hydrogen-bond donors (Lipinski definition) is 3. The molecule has 1 unspecified atom stereocenters. The number of carbonyl (C=O) groups excluding carboxylic acids is 1. The highest BCUT2D eigenvalue weighted by molar-refractivity contribution is 6.30. The lowest BCUT2D eigenvalue weighted by Gasteiger charge is -2.19. The number of nitrogens with zero attached hydrogens (tertiary/aromatic N) is 2. The van der Waals surface area contributed by atoms with E-state index in [1.54, 1.807) is 6.92 Å². The average molecular weight is 483 g/mol. The third kappa shape index (κ3) is 5.59. The van der Waals surface area contributed by atoms with Crippen LogP contribution in [-0.4, -0.2) is 50.3 Å². The number of aryl methyl sites for hydroxylation is 1. The van der Waals surface area contributed by atoms with Crippen LogP contribution in [0.15, 0.2) is 34.0 Å². The highest BCUT2D eigenvalue weighted by Gasteiger charge is 2.36. The molecule has 33 heavy (non-hydrogen) atoms. The number of hydrogen-bond acceptors (Lipinski definition) is 8. The lowest BCUT2D eigenvalue weighted by atomic mass is 10.1. The number of benzene rings is 1. The normalized spacial score (nSPS) is 20.9. The summed E-state index contributed by atoms with van der Waals surface area (Å²) >= 11 is 5.77. The van der Waals surface area contributed by atoms with Gasteiger partial charge in [0, 0.05) is 35.8 Å². The van der Waals surface area contributed by atoms with Crippen molar-refractivity contribution in [3.63, 3.8) is 0 Å². The van der Waals surface area contributed by atoms with Crippen LogP contribution in [-0.2, 0) is 16.0 Å². The van der Waals surface area contributed by atoms with Crippen molar-refractivity contribution in [3.05, 3.63) is 65.9 Å². The molecule has 0 aliphatic carbocycles. The average Bonchev–Trinajstić information content (AvgIpc) is 3.13. The second-order valence-electron chi connectivity index (χ2n) is 7.48. The number of aliphatic hydroxyl groups is 1. The Morgan fingerprint density at radius 1 is 1.48 bits per heavy atom. The van der Waals surface area contributed by atoms with Gasteiger partial charge in [-0.25, -0.2) is 4.79 Å². The van der Waals surface area contributed by atoms with E-state index in [1.807, 2.05) is 0 Å². The molecule has 4 atom stereocenters. The number of H-pyrrole nitrogens is 1. The van der Waals surface area contributed by atoms with Crippen molar-refractivity contribution in [2.75, 3.05) is 6.54 Å². The molecule has 178 valence electrons. The van der Waals surface area contributed by atoms with Crippen molar-refractivity contribution < 1.29 is 24.3 Å². The molecule has 1 aliphatic rings. The topological polar surface area (TPSA) is 166 Å². The molecule has 2 aromatic rings. The van der Waals surface area contributed by atoms with Crippen molar-refractivity contribution in [1.29, 1.82) is 0 Å². The van der Waals surface area contributed by atoms with Gasteiger partial charge in [-0.05, 0) is 25.5 Å². The van der Waals surface area contributed by atoms with E-state index in [1.165, 1.54) is 29.8 Å². The Hall–Kier alpha value is -3.22. The molecule has 2 heterocycles. The Balaban J connectivity index is 1.61. The summed E-state index contributed by atoms with van der Waals surface area (Å²) in [6.45, 7) is 3.09. The first-order chi connectivity index (χ1) is 15.6. The fourth-order valence-electron chi connectivity index (χ4n) is 3.38.